The van der Waals surface area contributed by atoms with E-state index in [0.717, 1.165) is 12.1 Å². The number of halogens is 5. The Labute approximate surface area is 168 Å². The fourth-order valence-electron chi connectivity index (χ4n) is 2.53. The van der Waals surface area contributed by atoms with Crippen molar-refractivity contribution in [3.63, 3.8) is 0 Å². The molecule has 0 aromatic heterocycles. The monoisotopic (exact) mass is 432 g/mol. The summed E-state index contributed by atoms with van der Waals surface area (Å²) in [4.78, 5) is 18.5. The Morgan fingerprint density at radius 2 is 1.96 bits per heavy atom. The number of thioether (sulfide) groups is 1. The van der Waals surface area contributed by atoms with Gasteiger partial charge in [-0.2, -0.15) is 13.2 Å². The number of carbonyl (C=O) groups is 1. The highest BCUT2D eigenvalue weighted by atomic mass is 35.5. The van der Waals surface area contributed by atoms with E-state index < -0.39 is 11.7 Å². The number of hydrogen-bond acceptors (Lipinski definition) is 3. The van der Waals surface area contributed by atoms with Crippen LogP contribution < -0.4 is 0 Å². The Balaban J connectivity index is 1.71. The van der Waals surface area contributed by atoms with Gasteiger partial charge in [-0.3, -0.25) is 14.7 Å². The molecule has 1 heterocycles. The molecule has 0 atom stereocenters. The zero-order valence-corrected chi connectivity index (χ0v) is 16.1. The van der Waals surface area contributed by atoms with Crippen molar-refractivity contribution >= 4 is 46.0 Å². The van der Waals surface area contributed by atoms with Crippen LogP contribution in [0.4, 0.5) is 13.2 Å². The third-order valence-corrected chi connectivity index (χ3v) is 5.46. The number of hydrogen-bond donors (Lipinski definition) is 0. The van der Waals surface area contributed by atoms with Crippen LogP contribution in [0.15, 0.2) is 47.5 Å². The molecule has 0 radical (unpaired) electrons. The van der Waals surface area contributed by atoms with E-state index in [1.807, 2.05) is 0 Å². The topological polar surface area (TPSA) is 32.7 Å². The van der Waals surface area contributed by atoms with Crippen molar-refractivity contribution in [1.29, 1.82) is 0 Å². The predicted molar refractivity (Wildman–Crippen MR) is 103 cm³/mol. The molecule has 0 spiro atoms. The van der Waals surface area contributed by atoms with Crippen molar-refractivity contribution in [3.05, 3.63) is 69.2 Å². The van der Waals surface area contributed by atoms with E-state index in [-0.39, 0.29) is 16.7 Å². The van der Waals surface area contributed by atoms with Gasteiger partial charge in [0.1, 0.15) is 0 Å². The van der Waals surface area contributed by atoms with E-state index in [4.69, 9.17) is 23.2 Å². The molecule has 0 N–H and O–H groups in total. The number of nitrogens with zero attached hydrogens (tertiary/aromatic N) is 2. The number of amides is 1. The molecule has 2 aromatic rings. The predicted octanol–water partition coefficient (Wildman–Crippen LogP) is 5.76. The minimum atomic E-state index is -4.39. The van der Waals surface area contributed by atoms with Crippen molar-refractivity contribution in [2.45, 2.75) is 11.9 Å². The van der Waals surface area contributed by atoms with Crippen LogP contribution in [-0.4, -0.2) is 29.1 Å². The van der Waals surface area contributed by atoms with Gasteiger partial charge in [0, 0.05) is 17.3 Å². The Kier molecular flexibility index (Phi) is 6.03. The fourth-order valence-corrected chi connectivity index (χ4v) is 4.01. The van der Waals surface area contributed by atoms with E-state index in [2.05, 4.69) is 4.99 Å². The van der Waals surface area contributed by atoms with Crippen molar-refractivity contribution in [1.82, 2.24) is 4.90 Å². The summed E-state index contributed by atoms with van der Waals surface area (Å²) in [5.41, 5.74) is 0.103. The maximum atomic E-state index is 12.8. The van der Waals surface area contributed by atoms with E-state index in [1.54, 1.807) is 18.2 Å². The van der Waals surface area contributed by atoms with Crippen LogP contribution in [0.5, 0.6) is 0 Å². The van der Waals surface area contributed by atoms with Gasteiger partial charge in [-0.15, -0.1) is 0 Å². The van der Waals surface area contributed by atoms with Crippen molar-refractivity contribution < 1.29 is 18.0 Å². The number of carbonyl (C=O) groups excluding carboxylic acids is 1. The average Bonchev–Trinajstić information content (AvgIpc) is 3.07. The summed E-state index contributed by atoms with van der Waals surface area (Å²) in [5, 5.41) is 1.12. The second-order valence-electron chi connectivity index (χ2n) is 5.73. The standard InChI is InChI=1S/C18H13Cl2F3N2OS/c19-13-4-5-14(15(20)9-13)16(26)25-7-6-24-17(25)27-10-11-2-1-3-12(8-11)18(21,22)23/h1-5,8-9H,6-7,10H2. The van der Waals surface area contributed by atoms with E-state index in [1.165, 1.54) is 28.8 Å². The third kappa shape index (κ3) is 4.78. The number of alkyl halides is 3. The number of benzene rings is 2. The van der Waals surface area contributed by atoms with Crippen LogP contribution >= 0.6 is 35.0 Å². The van der Waals surface area contributed by atoms with Gasteiger partial charge in [-0.05, 0) is 29.8 Å². The van der Waals surface area contributed by atoms with E-state index in [9.17, 15) is 18.0 Å². The summed E-state index contributed by atoms with van der Waals surface area (Å²) in [6.07, 6.45) is -4.39. The molecule has 0 bridgehead atoms. The Hall–Kier alpha value is -1.70. The molecule has 2 aromatic carbocycles. The maximum Gasteiger partial charge on any atom is 0.416 e. The molecule has 27 heavy (non-hydrogen) atoms. The van der Waals surface area contributed by atoms with Crippen LogP contribution in [0.25, 0.3) is 0 Å². The van der Waals surface area contributed by atoms with Crippen LogP contribution in [-0.2, 0) is 11.9 Å². The highest BCUT2D eigenvalue weighted by Crippen LogP contribution is 2.31. The van der Waals surface area contributed by atoms with Gasteiger partial charge in [-0.1, -0.05) is 53.2 Å². The zero-order chi connectivity index (χ0) is 19.6. The first-order valence-corrected chi connectivity index (χ1v) is 9.60. The Morgan fingerprint density at radius 3 is 2.67 bits per heavy atom. The molecule has 1 aliphatic rings. The number of aliphatic imine (C=N–C) groups is 1. The smallest absolute Gasteiger partial charge is 0.286 e. The van der Waals surface area contributed by atoms with Crippen molar-refractivity contribution in [2.24, 2.45) is 4.99 Å². The molecule has 0 unspecified atom stereocenters. The highest BCUT2D eigenvalue weighted by Gasteiger charge is 2.31. The first-order chi connectivity index (χ1) is 12.8. The molecule has 0 aliphatic carbocycles. The molecule has 142 valence electrons. The first kappa shape index (κ1) is 20.0. The van der Waals surface area contributed by atoms with Gasteiger partial charge in [0.2, 0.25) is 0 Å². The average molecular weight is 433 g/mol. The van der Waals surface area contributed by atoms with Crippen LogP contribution in [0.1, 0.15) is 21.5 Å². The van der Waals surface area contributed by atoms with Gasteiger partial charge < -0.3 is 0 Å². The van der Waals surface area contributed by atoms with Crippen LogP contribution in [0, 0.1) is 0 Å². The minimum absolute atomic E-state index is 0.238. The summed E-state index contributed by atoms with van der Waals surface area (Å²) < 4.78 is 38.5. The molecule has 0 saturated carbocycles. The Morgan fingerprint density at radius 1 is 1.19 bits per heavy atom. The largest absolute Gasteiger partial charge is 0.416 e. The second-order valence-corrected chi connectivity index (χ2v) is 7.52. The van der Waals surface area contributed by atoms with Gasteiger partial charge in [0.25, 0.3) is 5.91 Å². The number of amidine groups is 1. The van der Waals surface area contributed by atoms with E-state index >= 15 is 0 Å². The highest BCUT2D eigenvalue weighted by molar-refractivity contribution is 8.13. The molecule has 1 aliphatic heterocycles. The van der Waals surface area contributed by atoms with Gasteiger partial charge >= 0.3 is 6.18 Å². The van der Waals surface area contributed by atoms with Crippen LogP contribution in [0.3, 0.4) is 0 Å². The minimum Gasteiger partial charge on any atom is -0.286 e. The Bertz CT molecular complexity index is 902. The lowest BCUT2D eigenvalue weighted by Gasteiger charge is -2.18. The van der Waals surface area contributed by atoms with Crippen molar-refractivity contribution in [2.75, 3.05) is 13.1 Å². The molecule has 3 rings (SSSR count). The summed E-state index contributed by atoms with van der Waals surface area (Å²) in [6, 6.07) is 9.71. The molecule has 3 nitrogen and oxygen atoms in total. The molecular weight excluding hydrogens is 420 g/mol. The second kappa shape index (κ2) is 8.12. The lowest BCUT2D eigenvalue weighted by atomic mass is 10.1. The summed E-state index contributed by atoms with van der Waals surface area (Å²) in [5.74, 6) is -0.0506. The number of rotatable bonds is 3. The zero-order valence-electron chi connectivity index (χ0n) is 13.8. The molecule has 1 amide bonds. The quantitative estimate of drug-likeness (QED) is 0.617. The molecule has 0 fully saturated rings. The molecule has 9 heteroatoms. The van der Waals surface area contributed by atoms with E-state index in [0.29, 0.717) is 34.4 Å². The maximum absolute atomic E-state index is 12.8. The lowest BCUT2D eigenvalue weighted by molar-refractivity contribution is -0.137. The van der Waals surface area contributed by atoms with Crippen molar-refractivity contribution in [3.8, 4) is 0 Å². The van der Waals surface area contributed by atoms with Crippen LogP contribution in [0.2, 0.25) is 10.0 Å². The van der Waals surface area contributed by atoms with Gasteiger partial charge in [0.05, 0.1) is 22.7 Å². The van der Waals surface area contributed by atoms with Gasteiger partial charge in [-0.25, -0.2) is 0 Å². The third-order valence-electron chi connectivity index (χ3n) is 3.83. The lowest BCUT2D eigenvalue weighted by Crippen LogP contribution is -2.33. The molecular formula is C18H13Cl2F3N2OS. The van der Waals surface area contributed by atoms with Gasteiger partial charge in [0.15, 0.2) is 5.17 Å². The summed E-state index contributed by atoms with van der Waals surface area (Å²) in [6.45, 7) is 0.824. The fraction of sp³-hybridized carbons (Fsp3) is 0.222. The first-order valence-electron chi connectivity index (χ1n) is 7.86. The normalized spacial score (nSPS) is 14.4. The summed E-state index contributed by atoms with van der Waals surface area (Å²) in [7, 11) is 0. The SMILES string of the molecule is O=C(c1ccc(Cl)cc1Cl)N1CCN=C1SCc1cccc(C(F)(F)F)c1. The molecule has 0 saturated heterocycles. The summed E-state index contributed by atoms with van der Waals surface area (Å²) >= 11 is 13.2.